The van der Waals surface area contributed by atoms with Gasteiger partial charge >= 0.3 is 0 Å². The zero-order valence-electron chi connectivity index (χ0n) is 12.9. The fourth-order valence-corrected chi connectivity index (χ4v) is 1.81. The van der Waals surface area contributed by atoms with Crippen LogP contribution < -0.4 is 14.8 Å². The van der Waals surface area contributed by atoms with E-state index in [4.69, 9.17) is 14.2 Å². The molecule has 0 heterocycles. The Morgan fingerprint density at radius 3 is 2.55 bits per heavy atom. The predicted molar refractivity (Wildman–Crippen MR) is 80.6 cm³/mol. The minimum absolute atomic E-state index is 0.708. The first-order valence-corrected chi connectivity index (χ1v) is 6.82. The summed E-state index contributed by atoms with van der Waals surface area (Å²) in [6, 6.07) is 5.89. The third kappa shape index (κ3) is 5.77. The first-order valence-electron chi connectivity index (χ1n) is 6.82. The largest absolute Gasteiger partial charge is 0.493 e. The van der Waals surface area contributed by atoms with Crippen molar-refractivity contribution < 1.29 is 14.2 Å². The number of nitrogens with zero attached hydrogens (tertiary/aromatic N) is 1. The van der Waals surface area contributed by atoms with Crippen LogP contribution in [0.15, 0.2) is 18.2 Å². The molecule has 5 nitrogen and oxygen atoms in total. The molecule has 0 radical (unpaired) electrons. The standard InChI is InChI=1S/C15H26N2O3/c1-17(2)9-11-20-10-8-16-12-13-6-5-7-14(18-3)15(13)19-4/h5-7,16H,8-12H2,1-4H3. The Labute approximate surface area is 121 Å². The highest BCUT2D eigenvalue weighted by molar-refractivity contribution is 5.46. The van der Waals surface area contributed by atoms with Crippen LogP contribution in [0.1, 0.15) is 5.56 Å². The van der Waals surface area contributed by atoms with Crippen molar-refractivity contribution in [3.63, 3.8) is 0 Å². The quantitative estimate of drug-likeness (QED) is 0.657. The van der Waals surface area contributed by atoms with Gasteiger partial charge in [0.15, 0.2) is 11.5 Å². The zero-order chi connectivity index (χ0) is 14.8. The van der Waals surface area contributed by atoms with E-state index < -0.39 is 0 Å². The van der Waals surface area contributed by atoms with E-state index in [1.54, 1.807) is 14.2 Å². The Balaban J connectivity index is 2.28. The molecule has 0 aliphatic heterocycles. The zero-order valence-corrected chi connectivity index (χ0v) is 12.9. The molecule has 0 aliphatic rings. The van der Waals surface area contributed by atoms with E-state index in [9.17, 15) is 0 Å². The summed E-state index contributed by atoms with van der Waals surface area (Å²) in [7, 11) is 7.38. The van der Waals surface area contributed by atoms with Crippen molar-refractivity contribution >= 4 is 0 Å². The number of nitrogens with one attached hydrogen (secondary N) is 1. The summed E-state index contributed by atoms with van der Waals surface area (Å²) in [6.07, 6.45) is 0. The van der Waals surface area contributed by atoms with E-state index >= 15 is 0 Å². The van der Waals surface area contributed by atoms with E-state index in [0.717, 1.165) is 43.3 Å². The van der Waals surface area contributed by atoms with Crippen LogP contribution in [-0.2, 0) is 11.3 Å². The minimum Gasteiger partial charge on any atom is -0.493 e. The summed E-state index contributed by atoms with van der Waals surface area (Å²) < 4.78 is 16.2. The number of ether oxygens (including phenoxy) is 3. The molecule has 0 fully saturated rings. The number of rotatable bonds is 10. The average Bonchev–Trinajstić information content (AvgIpc) is 2.45. The molecule has 0 aromatic heterocycles. The highest BCUT2D eigenvalue weighted by Gasteiger charge is 2.08. The van der Waals surface area contributed by atoms with Gasteiger partial charge in [0, 0.05) is 25.2 Å². The molecule has 1 aromatic carbocycles. The molecule has 114 valence electrons. The van der Waals surface area contributed by atoms with E-state index in [1.165, 1.54) is 0 Å². The lowest BCUT2D eigenvalue weighted by molar-refractivity contribution is 0.119. The summed E-state index contributed by atoms with van der Waals surface area (Å²) in [5.74, 6) is 1.55. The average molecular weight is 282 g/mol. The van der Waals surface area contributed by atoms with Gasteiger partial charge in [-0.1, -0.05) is 12.1 Å². The minimum atomic E-state index is 0.708. The van der Waals surface area contributed by atoms with Gasteiger partial charge in [-0.2, -0.15) is 0 Å². The van der Waals surface area contributed by atoms with Gasteiger partial charge in [-0.15, -0.1) is 0 Å². The van der Waals surface area contributed by atoms with E-state index in [1.807, 2.05) is 32.3 Å². The summed E-state index contributed by atoms with van der Waals surface area (Å²) in [5.41, 5.74) is 1.08. The second-order valence-electron chi connectivity index (χ2n) is 4.75. The summed E-state index contributed by atoms with van der Waals surface area (Å²) in [5, 5.41) is 3.34. The van der Waals surface area contributed by atoms with Gasteiger partial charge in [0.1, 0.15) is 0 Å². The molecule has 0 saturated heterocycles. The normalized spacial score (nSPS) is 10.8. The first kappa shape index (κ1) is 16.8. The van der Waals surface area contributed by atoms with E-state index in [2.05, 4.69) is 10.2 Å². The SMILES string of the molecule is COc1cccc(CNCCOCCN(C)C)c1OC. The molecule has 0 atom stereocenters. The molecule has 1 rings (SSSR count). The molecule has 0 saturated carbocycles. The Hall–Kier alpha value is -1.30. The van der Waals surface area contributed by atoms with Crippen molar-refractivity contribution in [3.05, 3.63) is 23.8 Å². The topological polar surface area (TPSA) is 43.0 Å². The van der Waals surface area contributed by atoms with Crippen LogP contribution in [0.2, 0.25) is 0 Å². The molecule has 0 aliphatic carbocycles. The van der Waals surface area contributed by atoms with Crippen LogP contribution in [0.3, 0.4) is 0 Å². The van der Waals surface area contributed by atoms with Crippen molar-refractivity contribution in [2.45, 2.75) is 6.54 Å². The van der Waals surface area contributed by atoms with Crippen molar-refractivity contribution in [3.8, 4) is 11.5 Å². The molecule has 0 spiro atoms. The van der Waals surface area contributed by atoms with Gasteiger partial charge in [0.05, 0.1) is 27.4 Å². The third-order valence-electron chi connectivity index (χ3n) is 2.91. The molecular formula is C15H26N2O3. The van der Waals surface area contributed by atoms with Gasteiger partial charge < -0.3 is 24.4 Å². The van der Waals surface area contributed by atoms with Crippen molar-refractivity contribution in [1.29, 1.82) is 0 Å². The maximum atomic E-state index is 5.52. The van der Waals surface area contributed by atoms with Crippen LogP contribution >= 0.6 is 0 Å². The predicted octanol–water partition coefficient (Wildman–Crippen LogP) is 1.37. The smallest absolute Gasteiger partial charge is 0.165 e. The number of hydrogen-bond donors (Lipinski definition) is 1. The van der Waals surface area contributed by atoms with E-state index in [-0.39, 0.29) is 0 Å². The van der Waals surface area contributed by atoms with Gasteiger partial charge in [0.2, 0.25) is 0 Å². The third-order valence-corrected chi connectivity index (χ3v) is 2.91. The maximum Gasteiger partial charge on any atom is 0.165 e. The number of likely N-dealkylation sites (N-methyl/N-ethyl adjacent to an activating group) is 1. The molecule has 1 N–H and O–H groups in total. The second-order valence-corrected chi connectivity index (χ2v) is 4.75. The van der Waals surface area contributed by atoms with E-state index in [0.29, 0.717) is 6.61 Å². The van der Waals surface area contributed by atoms with Crippen LogP contribution in [0.5, 0.6) is 11.5 Å². The summed E-state index contributed by atoms with van der Waals surface area (Å²) >= 11 is 0. The molecular weight excluding hydrogens is 256 g/mol. The molecule has 0 amide bonds. The van der Waals surface area contributed by atoms with Crippen LogP contribution in [0.4, 0.5) is 0 Å². The highest BCUT2D eigenvalue weighted by Crippen LogP contribution is 2.30. The number of hydrogen-bond acceptors (Lipinski definition) is 5. The first-order chi connectivity index (χ1) is 9.69. The number of methoxy groups -OCH3 is 2. The van der Waals surface area contributed by atoms with Gasteiger partial charge in [-0.25, -0.2) is 0 Å². The maximum absolute atomic E-state index is 5.52. The highest BCUT2D eigenvalue weighted by atomic mass is 16.5. The number of para-hydroxylation sites is 1. The Morgan fingerprint density at radius 2 is 1.90 bits per heavy atom. The lowest BCUT2D eigenvalue weighted by Gasteiger charge is -2.13. The molecule has 0 bridgehead atoms. The van der Waals surface area contributed by atoms with Crippen molar-refractivity contribution in [2.24, 2.45) is 0 Å². The number of benzene rings is 1. The molecule has 5 heteroatoms. The lowest BCUT2D eigenvalue weighted by atomic mass is 10.2. The Kier molecular flexibility index (Phi) is 8.02. The van der Waals surface area contributed by atoms with Gasteiger partial charge in [-0.05, 0) is 20.2 Å². The van der Waals surface area contributed by atoms with Crippen molar-refractivity contribution in [2.75, 3.05) is 54.6 Å². The Morgan fingerprint density at radius 1 is 1.10 bits per heavy atom. The van der Waals surface area contributed by atoms with Crippen LogP contribution in [0, 0.1) is 0 Å². The molecule has 20 heavy (non-hydrogen) atoms. The fourth-order valence-electron chi connectivity index (χ4n) is 1.81. The van der Waals surface area contributed by atoms with Gasteiger partial charge in [-0.3, -0.25) is 0 Å². The fraction of sp³-hybridized carbons (Fsp3) is 0.600. The van der Waals surface area contributed by atoms with Crippen LogP contribution in [-0.4, -0.2) is 59.5 Å². The second kappa shape index (κ2) is 9.58. The monoisotopic (exact) mass is 282 g/mol. The van der Waals surface area contributed by atoms with Crippen LogP contribution in [0.25, 0.3) is 0 Å². The summed E-state index contributed by atoms with van der Waals surface area (Å²) in [6.45, 7) is 3.96. The Bertz CT molecular complexity index is 383. The summed E-state index contributed by atoms with van der Waals surface area (Å²) in [4.78, 5) is 2.11. The molecule has 0 unspecified atom stereocenters. The van der Waals surface area contributed by atoms with Gasteiger partial charge in [0.25, 0.3) is 0 Å². The lowest BCUT2D eigenvalue weighted by Crippen LogP contribution is -2.23. The van der Waals surface area contributed by atoms with Crippen molar-refractivity contribution in [1.82, 2.24) is 10.2 Å². The molecule has 1 aromatic rings.